The second kappa shape index (κ2) is 6.95. The number of rotatable bonds is 4. The van der Waals surface area contributed by atoms with Crippen molar-refractivity contribution in [2.45, 2.75) is 19.8 Å². The lowest BCUT2D eigenvalue weighted by Crippen LogP contribution is -2.28. The Bertz CT molecular complexity index is 1120. The van der Waals surface area contributed by atoms with Crippen molar-refractivity contribution in [2.24, 2.45) is 0 Å². The van der Waals surface area contributed by atoms with Crippen LogP contribution in [0.4, 0.5) is 17.3 Å². The summed E-state index contributed by atoms with van der Waals surface area (Å²) in [6.45, 7) is 3.13. The molecular weight excluding hydrogens is 366 g/mol. The maximum atomic E-state index is 12.7. The Balaban J connectivity index is 2.35. The summed E-state index contributed by atoms with van der Waals surface area (Å²) in [5.74, 6) is -0.572. The van der Waals surface area contributed by atoms with Gasteiger partial charge in [-0.3, -0.25) is 19.7 Å². The number of anilines is 2. The first-order valence-corrected chi connectivity index (χ1v) is 8.16. The number of nitro groups is 1. The summed E-state index contributed by atoms with van der Waals surface area (Å²) >= 11 is 0. The molecule has 11 heteroatoms. The number of non-ortho nitro benzene ring substituents is 1. The van der Waals surface area contributed by atoms with Gasteiger partial charge >= 0.3 is 0 Å². The number of nitrogen functional groups attached to an aromatic ring is 2. The fourth-order valence-electron chi connectivity index (χ4n) is 3.06. The van der Waals surface area contributed by atoms with Crippen molar-refractivity contribution in [3.63, 3.8) is 0 Å². The number of aryl methyl sites for hydroxylation is 2. The number of nitrogens with zero attached hydrogens (tertiary/aromatic N) is 3. The van der Waals surface area contributed by atoms with Crippen molar-refractivity contribution >= 4 is 17.3 Å². The molecule has 2 aromatic heterocycles. The Morgan fingerprint density at radius 3 is 1.71 bits per heavy atom. The highest BCUT2D eigenvalue weighted by atomic mass is 16.6. The minimum atomic E-state index is -1.02. The molecule has 3 aromatic rings. The molecular formula is C17H17N7O4. The quantitative estimate of drug-likeness (QED) is 0.374. The molecule has 0 unspecified atom stereocenters. The van der Waals surface area contributed by atoms with E-state index in [1.807, 2.05) is 0 Å². The van der Waals surface area contributed by atoms with E-state index in [1.165, 1.54) is 24.3 Å². The number of aromatic nitrogens is 4. The molecule has 6 N–H and O–H groups in total. The van der Waals surface area contributed by atoms with E-state index in [1.54, 1.807) is 13.8 Å². The molecule has 0 spiro atoms. The zero-order valence-corrected chi connectivity index (χ0v) is 15.0. The van der Waals surface area contributed by atoms with E-state index in [2.05, 4.69) is 19.9 Å². The van der Waals surface area contributed by atoms with E-state index in [9.17, 15) is 19.7 Å². The zero-order chi connectivity index (χ0) is 20.6. The van der Waals surface area contributed by atoms with Crippen LogP contribution < -0.4 is 22.6 Å². The second-order valence-electron chi connectivity index (χ2n) is 6.18. The number of hydrogen-bond donors (Lipinski definition) is 4. The van der Waals surface area contributed by atoms with E-state index >= 15 is 0 Å². The van der Waals surface area contributed by atoms with Crippen LogP contribution in [0.5, 0.6) is 0 Å². The predicted octanol–water partition coefficient (Wildman–Crippen LogP) is 0.723. The largest absolute Gasteiger partial charge is 0.383 e. The van der Waals surface area contributed by atoms with Gasteiger partial charge in [0.1, 0.15) is 23.3 Å². The summed E-state index contributed by atoms with van der Waals surface area (Å²) in [7, 11) is 0. The fraction of sp³-hybridized carbons (Fsp3) is 0.176. The molecule has 2 heterocycles. The van der Waals surface area contributed by atoms with Gasteiger partial charge in [0.2, 0.25) is 0 Å². The first-order chi connectivity index (χ1) is 13.2. The van der Waals surface area contributed by atoms with Crippen molar-refractivity contribution in [1.82, 2.24) is 19.9 Å². The van der Waals surface area contributed by atoms with Crippen LogP contribution in [0.25, 0.3) is 0 Å². The Hall–Kier alpha value is -4.02. The summed E-state index contributed by atoms with van der Waals surface area (Å²) in [6, 6.07) is 5.39. The summed E-state index contributed by atoms with van der Waals surface area (Å²) < 4.78 is 0. The standard InChI is InChI=1S/C17H17N7O4/c1-7-20-14(18)12(16(25)22-7)11(9-3-5-10(6-4-9)24(27)28)13-15(19)21-8(2)23-17(13)26/h3-6,11H,1-2H3,(H3,18,20,22,25)(H3,19,21,23,26). The molecule has 11 nitrogen and oxygen atoms in total. The molecule has 144 valence electrons. The molecule has 1 aromatic carbocycles. The van der Waals surface area contributed by atoms with E-state index < -0.39 is 22.0 Å². The summed E-state index contributed by atoms with van der Waals surface area (Å²) in [4.78, 5) is 48.9. The minimum absolute atomic E-state index is 0.00214. The third kappa shape index (κ3) is 3.32. The van der Waals surface area contributed by atoms with Gasteiger partial charge in [0.15, 0.2) is 0 Å². The SMILES string of the molecule is Cc1nc(N)c(C(c2ccc([N+](=O)[O-])cc2)c2c(N)nc(C)[nH]c2=O)c(=O)[nH]1. The molecule has 0 saturated carbocycles. The van der Waals surface area contributed by atoms with Crippen LogP contribution in [0, 0.1) is 24.0 Å². The number of aromatic amines is 2. The topological polar surface area (TPSA) is 187 Å². The normalized spacial score (nSPS) is 11.0. The molecule has 0 amide bonds. The van der Waals surface area contributed by atoms with Gasteiger partial charge in [-0.15, -0.1) is 0 Å². The van der Waals surface area contributed by atoms with E-state index in [4.69, 9.17) is 11.5 Å². The third-order valence-corrected chi connectivity index (χ3v) is 4.22. The molecule has 3 rings (SSSR count). The molecule has 28 heavy (non-hydrogen) atoms. The highest BCUT2D eigenvalue weighted by Crippen LogP contribution is 2.33. The van der Waals surface area contributed by atoms with Crippen LogP contribution in [0.1, 0.15) is 34.3 Å². The van der Waals surface area contributed by atoms with Crippen molar-refractivity contribution < 1.29 is 4.92 Å². The first-order valence-electron chi connectivity index (χ1n) is 8.16. The van der Waals surface area contributed by atoms with Crippen LogP contribution in [-0.4, -0.2) is 24.9 Å². The Morgan fingerprint density at radius 2 is 1.36 bits per heavy atom. The van der Waals surface area contributed by atoms with Gasteiger partial charge < -0.3 is 21.4 Å². The van der Waals surface area contributed by atoms with Crippen LogP contribution in [-0.2, 0) is 0 Å². The van der Waals surface area contributed by atoms with Crippen molar-refractivity contribution in [3.8, 4) is 0 Å². The lowest BCUT2D eigenvalue weighted by Gasteiger charge is -2.19. The van der Waals surface area contributed by atoms with Gasteiger partial charge in [-0.25, -0.2) is 9.97 Å². The predicted molar refractivity (Wildman–Crippen MR) is 102 cm³/mol. The average molecular weight is 383 g/mol. The Kier molecular flexibility index (Phi) is 4.65. The minimum Gasteiger partial charge on any atom is -0.383 e. The van der Waals surface area contributed by atoms with Crippen LogP contribution in [0.3, 0.4) is 0 Å². The molecule has 0 aliphatic heterocycles. The van der Waals surface area contributed by atoms with Gasteiger partial charge in [-0.1, -0.05) is 12.1 Å². The Morgan fingerprint density at radius 1 is 0.929 bits per heavy atom. The molecule has 0 aliphatic carbocycles. The van der Waals surface area contributed by atoms with E-state index in [-0.39, 0.29) is 28.5 Å². The maximum absolute atomic E-state index is 12.7. The molecule has 0 radical (unpaired) electrons. The molecule has 0 saturated heterocycles. The van der Waals surface area contributed by atoms with E-state index in [0.29, 0.717) is 17.2 Å². The first kappa shape index (κ1) is 18.8. The lowest BCUT2D eigenvalue weighted by atomic mass is 9.86. The smallest absolute Gasteiger partial charge is 0.269 e. The van der Waals surface area contributed by atoms with Gasteiger partial charge in [-0.05, 0) is 19.4 Å². The van der Waals surface area contributed by atoms with Gasteiger partial charge in [0, 0.05) is 12.1 Å². The fourth-order valence-corrected chi connectivity index (χ4v) is 3.06. The number of nitrogens with two attached hydrogens (primary N) is 2. The number of H-pyrrole nitrogens is 2. The second-order valence-corrected chi connectivity index (χ2v) is 6.18. The highest BCUT2D eigenvalue weighted by Gasteiger charge is 2.29. The summed E-state index contributed by atoms with van der Waals surface area (Å²) in [6.07, 6.45) is 0. The highest BCUT2D eigenvalue weighted by molar-refractivity contribution is 5.56. The molecule has 0 atom stereocenters. The van der Waals surface area contributed by atoms with Gasteiger partial charge in [0.05, 0.1) is 22.0 Å². The molecule has 0 bridgehead atoms. The lowest BCUT2D eigenvalue weighted by molar-refractivity contribution is -0.384. The summed E-state index contributed by atoms with van der Waals surface area (Å²) in [5.41, 5.74) is 11.1. The average Bonchev–Trinajstić information content (AvgIpc) is 2.58. The molecule has 0 aliphatic rings. The number of hydrogen-bond acceptors (Lipinski definition) is 8. The summed E-state index contributed by atoms with van der Waals surface area (Å²) in [5, 5.41) is 10.9. The Labute approximate surface area is 157 Å². The number of benzene rings is 1. The zero-order valence-electron chi connectivity index (χ0n) is 15.0. The van der Waals surface area contributed by atoms with E-state index in [0.717, 1.165) is 0 Å². The molecule has 0 fully saturated rings. The third-order valence-electron chi connectivity index (χ3n) is 4.22. The van der Waals surface area contributed by atoms with Crippen molar-refractivity contribution in [3.05, 3.63) is 83.4 Å². The van der Waals surface area contributed by atoms with Crippen LogP contribution >= 0.6 is 0 Å². The van der Waals surface area contributed by atoms with Gasteiger partial charge in [0.25, 0.3) is 16.8 Å². The monoisotopic (exact) mass is 383 g/mol. The van der Waals surface area contributed by atoms with Crippen molar-refractivity contribution in [2.75, 3.05) is 11.5 Å². The van der Waals surface area contributed by atoms with Crippen molar-refractivity contribution in [1.29, 1.82) is 0 Å². The number of nitro benzene ring substituents is 1. The number of nitrogens with one attached hydrogen (secondary N) is 2. The van der Waals surface area contributed by atoms with Crippen LogP contribution in [0.15, 0.2) is 33.9 Å². The van der Waals surface area contributed by atoms with Gasteiger partial charge in [-0.2, -0.15) is 0 Å². The maximum Gasteiger partial charge on any atom is 0.269 e. The van der Waals surface area contributed by atoms with Crippen LogP contribution in [0.2, 0.25) is 0 Å².